The van der Waals surface area contributed by atoms with Crippen LogP contribution in [0.15, 0.2) is 18.2 Å². The van der Waals surface area contributed by atoms with Crippen LogP contribution in [-0.2, 0) is 5.33 Å². The third kappa shape index (κ3) is 2.82. The lowest BCUT2D eigenvalue weighted by molar-refractivity contribution is 0.377. The SMILES string of the molecule is CC1CCN(c2ccc(F)cc2CBr)C(C)C1. The third-order valence-electron chi connectivity index (χ3n) is 3.63. The molecule has 1 fully saturated rings. The second-order valence-electron chi connectivity index (χ2n) is 5.08. The number of nitrogens with zero attached hydrogens (tertiary/aromatic N) is 1. The topological polar surface area (TPSA) is 3.24 Å². The Kier molecular flexibility index (Phi) is 4.08. The number of halogens is 2. The molecule has 1 nitrogen and oxygen atoms in total. The average molecular weight is 300 g/mol. The molecular weight excluding hydrogens is 281 g/mol. The molecule has 17 heavy (non-hydrogen) atoms. The molecule has 0 bridgehead atoms. The Bertz CT molecular complexity index is 394. The van der Waals surface area contributed by atoms with E-state index in [4.69, 9.17) is 0 Å². The molecule has 0 aliphatic carbocycles. The van der Waals surface area contributed by atoms with Gasteiger partial charge < -0.3 is 4.90 Å². The highest BCUT2D eigenvalue weighted by atomic mass is 79.9. The highest BCUT2D eigenvalue weighted by Crippen LogP contribution is 2.31. The lowest BCUT2D eigenvalue weighted by Crippen LogP contribution is -2.40. The van der Waals surface area contributed by atoms with Gasteiger partial charge in [0.2, 0.25) is 0 Å². The Balaban J connectivity index is 2.27. The lowest BCUT2D eigenvalue weighted by Gasteiger charge is -2.39. The third-order valence-corrected chi connectivity index (χ3v) is 4.24. The molecule has 94 valence electrons. The van der Waals surface area contributed by atoms with Crippen molar-refractivity contribution in [1.29, 1.82) is 0 Å². The van der Waals surface area contributed by atoms with E-state index < -0.39 is 0 Å². The van der Waals surface area contributed by atoms with Gasteiger partial charge >= 0.3 is 0 Å². The molecule has 0 spiro atoms. The molecule has 0 N–H and O–H groups in total. The van der Waals surface area contributed by atoms with Gasteiger partial charge in [-0.1, -0.05) is 22.9 Å². The first-order valence-electron chi connectivity index (χ1n) is 6.23. The van der Waals surface area contributed by atoms with Crippen molar-refractivity contribution in [1.82, 2.24) is 0 Å². The second-order valence-corrected chi connectivity index (χ2v) is 5.64. The molecule has 1 heterocycles. The second kappa shape index (κ2) is 5.38. The fourth-order valence-electron chi connectivity index (χ4n) is 2.71. The van der Waals surface area contributed by atoms with Crippen molar-refractivity contribution >= 4 is 21.6 Å². The Labute approximate surface area is 111 Å². The summed E-state index contributed by atoms with van der Waals surface area (Å²) >= 11 is 3.45. The average Bonchev–Trinajstić information content (AvgIpc) is 2.30. The summed E-state index contributed by atoms with van der Waals surface area (Å²) in [5.41, 5.74) is 2.23. The Morgan fingerprint density at radius 2 is 2.18 bits per heavy atom. The van der Waals surface area contributed by atoms with Crippen LogP contribution in [0.25, 0.3) is 0 Å². The number of hydrogen-bond acceptors (Lipinski definition) is 1. The van der Waals surface area contributed by atoms with Crippen molar-refractivity contribution in [3.8, 4) is 0 Å². The highest BCUT2D eigenvalue weighted by Gasteiger charge is 2.24. The molecule has 1 aliphatic heterocycles. The summed E-state index contributed by atoms with van der Waals surface area (Å²) in [7, 11) is 0. The van der Waals surface area contributed by atoms with Gasteiger partial charge in [-0.2, -0.15) is 0 Å². The summed E-state index contributed by atoms with van der Waals surface area (Å²) in [6.07, 6.45) is 2.45. The van der Waals surface area contributed by atoms with Crippen molar-refractivity contribution in [2.24, 2.45) is 5.92 Å². The summed E-state index contributed by atoms with van der Waals surface area (Å²) in [4.78, 5) is 2.41. The maximum Gasteiger partial charge on any atom is 0.123 e. The molecule has 0 saturated carbocycles. The standard InChI is InChI=1S/C14H19BrFN/c1-10-5-6-17(11(2)7-10)14-4-3-13(16)8-12(14)9-15/h3-4,8,10-11H,5-7,9H2,1-2H3. The molecule has 2 unspecified atom stereocenters. The van der Waals surface area contributed by atoms with E-state index >= 15 is 0 Å². The smallest absolute Gasteiger partial charge is 0.123 e. The highest BCUT2D eigenvalue weighted by molar-refractivity contribution is 9.08. The molecule has 0 aromatic heterocycles. The number of anilines is 1. The fourth-order valence-corrected chi connectivity index (χ4v) is 3.16. The van der Waals surface area contributed by atoms with Crippen LogP contribution in [0.1, 0.15) is 32.3 Å². The van der Waals surface area contributed by atoms with Crippen LogP contribution in [0.4, 0.5) is 10.1 Å². The first-order chi connectivity index (χ1) is 8.11. The van der Waals surface area contributed by atoms with Crippen molar-refractivity contribution in [3.05, 3.63) is 29.6 Å². The van der Waals surface area contributed by atoms with Gasteiger partial charge in [-0.25, -0.2) is 4.39 Å². The molecule has 1 aromatic carbocycles. The van der Waals surface area contributed by atoms with Crippen LogP contribution >= 0.6 is 15.9 Å². The van der Waals surface area contributed by atoms with Gasteiger partial charge in [-0.3, -0.25) is 0 Å². The summed E-state index contributed by atoms with van der Waals surface area (Å²) in [6, 6.07) is 5.65. The van der Waals surface area contributed by atoms with E-state index in [2.05, 4.69) is 34.7 Å². The van der Waals surface area contributed by atoms with Gasteiger partial charge in [0.05, 0.1) is 0 Å². The van der Waals surface area contributed by atoms with Crippen LogP contribution in [0, 0.1) is 11.7 Å². The Morgan fingerprint density at radius 1 is 1.41 bits per heavy atom. The van der Waals surface area contributed by atoms with E-state index in [0.717, 1.165) is 18.0 Å². The van der Waals surface area contributed by atoms with E-state index in [-0.39, 0.29) is 5.82 Å². The molecule has 0 radical (unpaired) electrons. The zero-order valence-electron chi connectivity index (χ0n) is 10.4. The quantitative estimate of drug-likeness (QED) is 0.734. The zero-order chi connectivity index (χ0) is 12.4. The largest absolute Gasteiger partial charge is 0.369 e. The predicted octanol–water partition coefficient (Wildman–Crippen LogP) is 4.35. The zero-order valence-corrected chi connectivity index (χ0v) is 12.0. The summed E-state index contributed by atoms with van der Waals surface area (Å²) in [5, 5.41) is 0.707. The fraction of sp³-hybridized carbons (Fsp3) is 0.571. The molecular formula is C14H19BrFN. The molecule has 2 rings (SSSR count). The van der Waals surface area contributed by atoms with Crippen LogP contribution in [-0.4, -0.2) is 12.6 Å². The molecule has 1 saturated heterocycles. The Morgan fingerprint density at radius 3 is 2.82 bits per heavy atom. The molecule has 1 aliphatic rings. The molecule has 0 amide bonds. The van der Waals surface area contributed by atoms with Gasteiger partial charge in [0, 0.05) is 23.6 Å². The predicted molar refractivity (Wildman–Crippen MR) is 74.2 cm³/mol. The van der Waals surface area contributed by atoms with Gasteiger partial charge in [0.25, 0.3) is 0 Å². The minimum absolute atomic E-state index is 0.152. The summed E-state index contributed by atoms with van der Waals surface area (Å²) in [5.74, 6) is 0.648. The minimum atomic E-state index is -0.152. The van der Waals surface area contributed by atoms with Crippen LogP contribution < -0.4 is 4.90 Å². The number of rotatable bonds is 2. The molecule has 2 atom stereocenters. The molecule has 3 heteroatoms. The van der Waals surface area contributed by atoms with E-state index in [9.17, 15) is 4.39 Å². The van der Waals surface area contributed by atoms with E-state index in [0.29, 0.717) is 11.4 Å². The van der Waals surface area contributed by atoms with Crippen LogP contribution in [0.2, 0.25) is 0 Å². The maximum absolute atomic E-state index is 13.2. The van der Waals surface area contributed by atoms with Gasteiger partial charge in [-0.05, 0) is 49.4 Å². The van der Waals surface area contributed by atoms with Crippen LogP contribution in [0.5, 0.6) is 0 Å². The monoisotopic (exact) mass is 299 g/mol. The van der Waals surface area contributed by atoms with E-state index in [1.165, 1.54) is 18.5 Å². The van der Waals surface area contributed by atoms with E-state index in [1.807, 2.05) is 6.07 Å². The Hall–Kier alpha value is -0.570. The van der Waals surface area contributed by atoms with E-state index in [1.54, 1.807) is 12.1 Å². The van der Waals surface area contributed by atoms with Gasteiger partial charge in [0.1, 0.15) is 5.82 Å². The maximum atomic E-state index is 13.2. The summed E-state index contributed by atoms with van der Waals surface area (Å²) < 4.78 is 13.2. The van der Waals surface area contributed by atoms with Crippen molar-refractivity contribution in [2.75, 3.05) is 11.4 Å². The first-order valence-corrected chi connectivity index (χ1v) is 7.35. The normalized spacial score (nSPS) is 25.1. The number of alkyl halides is 1. The molecule has 1 aromatic rings. The first kappa shape index (κ1) is 12.9. The minimum Gasteiger partial charge on any atom is -0.369 e. The van der Waals surface area contributed by atoms with Crippen molar-refractivity contribution in [3.63, 3.8) is 0 Å². The number of benzene rings is 1. The van der Waals surface area contributed by atoms with Gasteiger partial charge in [-0.15, -0.1) is 0 Å². The lowest BCUT2D eigenvalue weighted by atomic mass is 9.92. The van der Waals surface area contributed by atoms with Crippen molar-refractivity contribution in [2.45, 2.75) is 38.1 Å². The number of hydrogen-bond donors (Lipinski definition) is 0. The van der Waals surface area contributed by atoms with Gasteiger partial charge in [0.15, 0.2) is 0 Å². The summed E-state index contributed by atoms with van der Waals surface area (Å²) in [6.45, 7) is 5.65. The number of piperidine rings is 1. The van der Waals surface area contributed by atoms with Crippen LogP contribution in [0.3, 0.4) is 0 Å². The van der Waals surface area contributed by atoms with Crippen molar-refractivity contribution < 1.29 is 4.39 Å².